The van der Waals surface area contributed by atoms with Gasteiger partial charge in [-0.05, 0) is 41.0 Å². The molecule has 1 atom stereocenters. The molecule has 0 radical (unpaired) electrons. The zero-order valence-corrected chi connectivity index (χ0v) is 14.4. The molecule has 1 saturated carbocycles. The summed E-state index contributed by atoms with van der Waals surface area (Å²) in [5.74, 6) is -1.02. The van der Waals surface area contributed by atoms with E-state index in [0.717, 1.165) is 41.5 Å². The minimum Gasteiger partial charge on any atom is -0.480 e. The van der Waals surface area contributed by atoms with Gasteiger partial charge in [-0.15, -0.1) is 0 Å². The molecule has 1 unspecified atom stereocenters. The molecule has 0 spiro atoms. The van der Waals surface area contributed by atoms with E-state index in [1.807, 2.05) is 24.3 Å². The number of benzene rings is 2. The van der Waals surface area contributed by atoms with Crippen molar-refractivity contribution in [3.05, 3.63) is 59.7 Å². The summed E-state index contributed by atoms with van der Waals surface area (Å²) in [5, 5.41) is 11.9. The van der Waals surface area contributed by atoms with E-state index in [1.165, 1.54) is 0 Å². The highest BCUT2D eigenvalue weighted by Gasteiger charge is 2.35. The highest BCUT2D eigenvalue weighted by molar-refractivity contribution is 5.81. The lowest BCUT2D eigenvalue weighted by Gasteiger charge is -2.31. The number of nitrogens with one attached hydrogen (secondary N) is 1. The summed E-state index contributed by atoms with van der Waals surface area (Å²) in [7, 11) is 0. The van der Waals surface area contributed by atoms with E-state index in [0.29, 0.717) is 0 Å². The van der Waals surface area contributed by atoms with Crippen LogP contribution in [-0.4, -0.2) is 29.8 Å². The number of alkyl carbamates (subject to hydrolysis) is 1. The largest absolute Gasteiger partial charge is 0.480 e. The fourth-order valence-corrected chi connectivity index (χ4v) is 3.92. The van der Waals surface area contributed by atoms with Gasteiger partial charge in [0, 0.05) is 5.92 Å². The average Bonchev–Trinajstić information content (AvgIpc) is 2.92. The molecular weight excluding hydrogens is 330 g/mol. The number of carboxylic acids is 1. The summed E-state index contributed by atoms with van der Waals surface area (Å²) in [6.07, 6.45) is 2.02. The molecular formula is C21H21NO4. The third-order valence-electron chi connectivity index (χ3n) is 5.50. The van der Waals surface area contributed by atoms with E-state index in [-0.39, 0.29) is 18.4 Å². The molecule has 0 saturated heterocycles. The van der Waals surface area contributed by atoms with Crippen LogP contribution in [0.4, 0.5) is 4.79 Å². The Hall–Kier alpha value is -2.82. The molecule has 1 amide bonds. The smallest absolute Gasteiger partial charge is 0.407 e. The van der Waals surface area contributed by atoms with Gasteiger partial charge in [0.1, 0.15) is 12.6 Å². The van der Waals surface area contributed by atoms with Crippen molar-refractivity contribution in [1.29, 1.82) is 0 Å². The number of ether oxygens (including phenoxy) is 1. The van der Waals surface area contributed by atoms with Crippen LogP contribution >= 0.6 is 0 Å². The fourth-order valence-electron chi connectivity index (χ4n) is 3.92. The first-order valence-electron chi connectivity index (χ1n) is 8.99. The number of amides is 1. The molecule has 26 heavy (non-hydrogen) atoms. The predicted molar refractivity (Wildman–Crippen MR) is 97.0 cm³/mol. The van der Waals surface area contributed by atoms with Crippen LogP contribution < -0.4 is 5.32 Å². The summed E-state index contributed by atoms with van der Waals surface area (Å²) in [5.41, 5.74) is 4.59. The van der Waals surface area contributed by atoms with Crippen LogP contribution in [-0.2, 0) is 9.53 Å². The lowest BCUT2D eigenvalue weighted by molar-refractivity contribution is -0.141. The zero-order chi connectivity index (χ0) is 18.1. The van der Waals surface area contributed by atoms with Crippen molar-refractivity contribution in [1.82, 2.24) is 5.32 Å². The van der Waals surface area contributed by atoms with Crippen molar-refractivity contribution in [2.45, 2.75) is 31.2 Å². The lowest BCUT2D eigenvalue weighted by atomic mass is 9.80. The molecule has 1 fully saturated rings. The highest BCUT2D eigenvalue weighted by Crippen LogP contribution is 2.44. The second-order valence-electron chi connectivity index (χ2n) is 6.98. The third-order valence-corrected chi connectivity index (χ3v) is 5.50. The molecule has 2 aliphatic carbocycles. The molecule has 0 heterocycles. The third kappa shape index (κ3) is 2.94. The summed E-state index contributed by atoms with van der Waals surface area (Å²) in [6, 6.07) is 15.4. The number of carboxylic acid groups (broad SMARTS) is 1. The van der Waals surface area contributed by atoms with Gasteiger partial charge in [0.25, 0.3) is 0 Å². The SMILES string of the molecule is O=C(NC(C(=O)O)C1CCC1)OCC1c2ccccc2-c2ccccc21. The summed E-state index contributed by atoms with van der Waals surface area (Å²) in [6.45, 7) is 0.191. The van der Waals surface area contributed by atoms with Crippen molar-refractivity contribution < 1.29 is 19.4 Å². The van der Waals surface area contributed by atoms with Gasteiger partial charge in [-0.25, -0.2) is 9.59 Å². The van der Waals surface area contributed by atoms with Gasteiger partial charge in [-0.1, -0.05) is 55.0 Å². The van der Waals surface area contributed by atoms with Crippen LogP contribution in [0.1, 0.15) is 36.3 Å². The van der Waals surface area contributed by atoms with Crippen LogP contribution in [0.3, 0.4) is 0 Å². The fraction of sp³-hybridized carbons (Fsp3) is 0.333. The van der Waals surface area contributed by atoms with Gasteiger partial charge < -0.3 is 15.2 Å². The number of hydrogen-bond acceptors (Lipinski definition) is 3. The van der Waals surface area contributed by atoms with Crippen LogP contribution in [0.25, 0.3) is 11.1 Å². The maximum atomic E-state index is 12.2. The Labute approximate surface area is 152 Å². The second-order valence-corrected chi connectivity index (χ2v) is 6.98. The molecule has 5 heteroatoms. The molecule has 0 aromatic heterocycles. The Morgan fingerprint density at radius 3 is 2.12 bits per heavy atom. The number of carbonyl (C=O) groups is 2. The lowest BCUT2D eigenvalue weighted by Crippen LogP contribution is -2.48. The number of carbonyl (C=O) groups excluding carboxylic acids is 1. The van der Waals surface area contributed by atoms with Gasteiger partial charge in [-0.2, -0.15) is 0 Å². The minimum absolute atomic E-state index is 0.00739. The molecule has 2 aromatic carbocycles. The maximum absolute atomic E-state index is 12.2. The van der Waals surface area contributed by atoms with E-state index in [2.05, 4.69) is 29.6 Å². The maximum Gasteiger partial charge on any atom is 0.407 e. The molecule has 2 N–H and O–H groups in total. The van der Waals surface area contributed by atoms with Crippen LogP contribution in [0.5, 0.6) is 0 Å². The van der Waals surface area contributed by atoms with Gasteiger partial charge in [0.15, 0.2) is 0 Å². The first kappa shape index (κ1) is 16.6. The zero-order valence-electron chi connectivity index (χ0n) is 14.4. The van der Waals surface area contributed by atoms with Gasteiger partial charge >= 0.3 is 12.1 Å². The Kier molecular flexibility index (Phi) is 4.37. The summed E-state index contributed by atoms with van der Waals surface area (Å²) < 4.78 is 5.43. The molecule has 2 aromatic rings. The van der Waals surface area contributed by atoms with Crippen molar-refractivity contribution in [3.8, 4) is 11.1 Å². The second kappa shape index (κ2) is 6.83. The number of aliphatic carboxylic acids is 1. The molecule has 5 nitrogen and oxygen atoms in total. The first-order valence-corrected chi connectivity index (χ1v) is 8.99. The van der Waals surface area contributed by atoms with Crippen LogP contribution in [0, 0.1) is 5.92 Å². The highest BCUT2D eigenvalue weighted by atomic mass is 16.5. The van der Waals surface area contributed by atoms with Crippen LogP contribution in [0.2, 0.25) is 0 Å². The number of rotatable bonds is 5. The minimum atomic E-state index is -0.997. The molecule has 4 rings (SSSR count). The Morgan fingerprint density at radius 2 is 1.62 bits per heavy atom. The Bertz CT molecular complexity index is 798. The molecule has 0 aliphatic heterocycles. The van der Waals surface area contributed by atoms with Crippen molar-refractivity contribution in [2.75, 3.05) is 6.61 Å². The van der Waals surface area contributed by atoms with E-state index in [4.69, 9.17) is 4.74 Å². The molecule has 134 valence electrons. The predicted octanol–water partition coefficient (Wildman–Crippen LogP) is 3.78. The standard InChI is InChI=1S/C21H21NO4/c23-20(24)19(13-6-5-7-13)22-21(25)26-12-18-16-10-3-1-8-14(16)15-9-2-4-11-17(15)18/h1-4,8-11,13,18-19H,5-7,12H2,(H,22,25)(H,23,24). The van der Waals surface area contributed by atoms with Crippen LogP contribution in [0.15, 0.2) is 48.5 Å². The first-order chi connectivity index (χ1) is 12.6. The van der Waals surface area contributed by atoms with Gasteiger partial charge in [0.05, 0.1) is 0 Å². The van der Waals surface area contributed by atoms with Crippen molar-refractivity contribution in [3.63, 3.8) is 0 Å². The number of hydrogen-bond donors (Lipinski definition) is 2. The van der Waals surface area contributed by atoms with Crippen molar-refractivity contribution in [2.24, 2.45) is 5.92 Å². The summed E-state index contributed by atoms with van der Waals surface area (Å²) in [4.78, 5) is 23.6. The molecule has 2 aliphatic rings. The topological polar surface area (TPSA) is 75.6 Å². The Balaban J connectivity index is 1.46. The van der Waals surface area contributed by atoms with Gasteiger partial charge in [-0.3, -0.25) is 0 Å². The Morgan fingerprint density at radius 1 is 1.04 bits per heavy atom. The van der Waals surface area contributed by atoms with E-state index >= 15 is 0 Å². The summed E-state index contributed by atoms with van der Waals surface area (Å²) >= 11 is 0. The number of fused-ring (bicyclic) bond motifs is 3. The quantitative estimate of drug-likeness (QED) is 0.860. The van der Waals surface area contributed by atoms with Crippen molar-refractivity contribution >= 4 is 12.1 Å². The average molecular weight is 351 g/mol. The van der Waals surface area contributed by atoms with E-state index in [9.17, 15) is 14.7 Å². The normalized spacial score (nSPS) is 16.9. The van der Waals surface area contributed by atoms with E-state index in [1.54, 1.807) is 0 Å². The van der Waals surface area contributed by atoms with E-state index < -0.39 is 18.1 Å². The monoisotopic (exact) mass is 351 g/mol. The van der Waals surface area contributed by atoms with Gasteiger partial charge in [0.2, 0.25) is 0 Å². The molecule has 0 bridgehead atoms.